The second kappa shape index (κ2) is 13.1. The zero-order valence-electron chi connectivity index (χ0n) is 31.4. The van der Waals surface area contributed by atoms with E-state index in [4.69, 9.17) is 0 Å². The SMILES string of the molecule is CCCc1cc(-c2cccc(-c3cc4ccccc4c4ccccc34)c2)cc2c1c1ccc3cc(C4=CCNC=C4)ccc3c1n2-c1cccc2ccccc12. The van der Waals surface area contributed by atoms with Gasteiger partial charge in [0.2, 0.25) is 0 Å². The van der Waals surface area contributed by atoms with Crippen molar-refractivity contribution in [3.63, 3.8) is 0 Å². The van der Waals surface area contributed by atoms with Crippen molar-refractivity contribution in [2.24, 2.45) is 0 Å². The van der Waals surface area contributed by atoms with Gasteiger partial charge in [0.1, 0.15) is 0 Å². The van der Waals surface area contributed by atoms with E-state index in [0.29, 0.717) is 0 Å². The van der Waals surface area contributed by atoms with Crippen molar-refractivity contribution in [2.75, 3.05) is 6.54 Å². The van der Waals surface area contributed by atoms with Gasteiger partial charge in [-0.2, -0.15) is 0 Å². The smallest absolute Gasteiger partial charge is 0.0619 e. The Morgan fingerprint density at radius 2 is 1.25 bits per heavy atom. The third-order valence-corrected chi connectivity index (χ3v) is 11.9. The maximum atomic E-state index is 3.30. The molecule has 2 heterocycles. The Kier molecular flexibility index (Phi) is 7.63. The molecule has 0 atom stereocenters. The predicted octanol–water partition coefficient (Wildman–Crippen LogP) is 14.2. The number of fused-ring (bicyclic) bond motifs is 9. The molecule has 0 bridgehead atoms. The van der Waals surface area contributed by atoms with Crippen LogP contribution in [0, 0.1) is 0 Å². The largest absolute Gasteiger partial charge is 0.387 e. The average molecular weight is 717 g/mol. The van der Waals surface area contributed by atoms with Gasteiger partial charge in [-0.3, -0.25) is 0 Å². The fraction of sp³-hybridized carbons (Fsp3) is 0.0741. The summed E-state index contributed by atoms with van der Waals surface area (Å²) >= 11 is 0. The van der Waals surface area contributed by atoms with E-state index in [9.17, 15) is 0 Å². The minimum Gasteiger partial charge on any atom is -0.387 e. The lowest BCUT2D eigenvalue weighted by molar-refractivity contribution is 0.930. The van der Waals surface area contributed by atoms with Gasteiger partial charge in [0.05, 0.1) is 16.7 Å². The number of dihydropyridines is 1. The molecule has 10 aromatic rings. The van der Waals surface area contributed by atoms with Crippen molar-refractivity contribution < 1.29 is 0 Å². The Labute approximate surface area is 326 Å². The number of nitrogens with zero attached hydrogens (tertiary/aromatic N) is 1. The van der Waals surface area contributed by atoms with Crippen LogP contribution in [0.5, 0.6) is 0 Å². The van der Waals surface area contributed by atoms with Crippen molar-refractivity contribution in [1.82, 2.24) is 9.88 Å². The molecule has 0 radical (unpaired) electrons. The number of allylic oxidation sites excluding steroid dienone is 2. The second-order valence-electron chi connectivity index (χ2n) is 15.2. The molecular formula is C54H40N2. The fourth-order valence-corrected chi connectivity index (χ4v) is 9.34. The molecule has 0 spiro atoms. The summed E-state index contributed by atoms with van der Waals surface area (Å²) in [4.78, 5) is 0. The van der Waals surface area contributed by atoms with Crippen LogP contribution in [0.1, 0.15) is 24.5 Å². The first-order chi connectivity index (χ1) is 27.7. The van der Waals surface area contributed by atoms with Gasteiger partial charge in [0.15, 0.2) is 0 Å². The number of hydrogen-bond donors (Lipinski definition) is 1. The monoisotopic (exact) mass is 716 g/mol. The van der Waals surface area contributed by atoms with E-state index in [0.717, 1.165) is 19.4 Å². The van der Waals surface area contributed by atoms with E-state index < -0.39 is 0 Å². The number of aryl methyl sites for hydroxylation is 1. The van der Waals surface area contributed by atoms with Crippen LogP contribution in [-0.4, -0.2) is 11.1 Å². The Balaban J connectivity index is 1.19. The van der Waals surface area contributed by atoms with E-state index in [2.05, 4.69) is 193 Å². The minimum atomic E-state index is 0.850. The highest BCUT2D eigenvalue weighted by molar-refractivity contribution is 6.21. The van der Waals surface area contributed by atoms with Gasteiger partial charge in [-0.15, -0.1) is 0 Å². The van der Waals surface area contributed by atoms with Crippen LogP contribution in [0.25, 0.3) is 98.4 Å². The zero-order valence-corrected chi connectivity index (χ0v) is 31.4. The van der Waals surface area contributed by atoms with E-state index in [1.165, 1.54) is 110 Å². The fourth-order valence-electron chi connectivity index (χ4n) is 9.34. The van der Waals surface area contributed by atoms with E-state index >= 15 is 0 Å². The van der Waals surface area contributed by atoms with Gasteiger partial charge < -0.3 is 9.88 Å². The lowest BCUT2D eigenvalue weighted by Crippen LogP contribution is -2.08. The summed E-state index contributed by atoms with van der Waals surface area (Å²) in [5, 5.41) is 16.1. The summed E-state index contributed by atoms with van der Waals surface area (Å²) < 4.78 is 2.57. The van der Waals surface area contributed by atoms with E-state index in [-0.39, 0.29) is 0 Å². The van der Waals surface area contributed by atoms with Gasteiger partial charge in [-0.25, -0.2) is 0 Å². The molecule has 0 fully saturated rings. The summed E-state index contributed by atoms with van der Waals surface area (Å²) in [6.45, 7) is 3.15. The standard InChI is InChI=1S/C54H40N2/c1-2-11-42-32-43(37-15-9-16-39(30-37)50-33-40-13-4-5-17-44(40)47-19-7-8-20-48(47)50)34-52-53(42)49-25-23-41-31-38(35-26-28-55-29-27-35)22-24-46(41)54(49)56(52)51-21-10-14-36-12-3-6-18-45(36)51/h3-10,12-28,30-34,55H,2,11,29H2,1H3. The lowest BCUT2D eigenvalue weighted by Gasteiger charge is -2.15. The van der Waals surface area contributed by atoms with E-state index in [1.54, 1.807) is 0 Å². The van der Waals surface area contributed by atoms with Crippen LogP contribution in [0.2, 0.25) is 0 Å². The number of nitrogens with one attached hydrogen (secondary N) is 1. The highest BCUT2D eigenvalue weighted by Gasteiger charge is 2.21. The van der Waals surface area contributed by atoms with Crippen LogP contribution in [-0.2, 0) is 6.42 Å². The topological polar surface area (TPSA) is 17.0 Å². The molecule has 0 unspecified atom stereocenters. The predicted molar refractivity (Wildman–Crippen MR) is 241 cm³/mol. The highest BCUT2D eigenvalue weighted by atomic mass is 15.0. The molecule has 0 amide bonds. The zero-order chi connectivity index (χ0) is 37.2. The van der Waals surface area contributed by atoms with Gasteiger partial charge in [-0.1, -0.05) is 153 Å². The summed E-state index contributed by atoms with van der Waals surface area (Å²) in [6, 6.07) is 61.4. The van der Waals surface area contributed by atoms with Gasteiger partial charge in [0, 0.05) is 28.1 Å². The molecule has 0 saturated heterocycles. The summed E-state index contributed by atoms with van der Waals surface area (Å²) in [6.07, 6.45) is 8.55. The molecule has 0 saturated carbocycles. The maximum Gasteiger partial charge on any atom is 0.0619 e. The average Bonchev–Trinajstić information content (AvgIpc) is 3.61. The quantitative estimate of drug-likeness (QED) is 0.170. The first-order valence-corrected chi connectivity index (χ1v) is 19.9. The summed E-state index contributed by atoms with van der Waals surface area (Å²) in [5.74, 6) is 0. The Morgan fingerprint density at radius 3 is 2.11 bits per heavy atom. The third-order valence-electron chi connectivity index (χ3n) is 11.9. The molecule has 2 nitrogen and oxygen atoms in total. The van der Waals surface area contributed by atoms with Crippen LogP contribution >= 0.6 is 0 Å². The normalized spacial score (nSPS) is 13.0. The van der Waals surface area contributed by atoms with Crippen molar-refractivity contribution >= 4 is 70.5 Å². The van der Waals surface area contributed by atoms with Crippen molar-refractivity contribution in [2.45, 2.75) is 19.8 Å². The number of rotatable bonds is 6. The van der Waals surface area contributed by atoms with Gasteiger partial charge >= 0.3 is 0 Å². The number of aromatic nitrogens is 1. The molecule has 1 aliphatic rings. The molecule has 1 aliphatic heterocycles. The molecule has 2 heteroatoms. The van der Waals surface area contributed by atoms with Crippen LogP contribution in [0.3, 0.4) is 0 Å². The molecule has 11 rings (SSSR count). The molecular weight excluding hydrogens is 677 g/mol. The van der Waals surface area contributed by atoms with Crippen LogP contribution in [0.15, 0.2) is 182 Å². The number of benzene rings is 9. The molecule has 266 valence electrons. The first-order valence-electron chi connectivity index (χ1n) is 19.9. The Bertz CT molecular complexity index is 3260. The maximum absolute atomic E-state index is 3.30. The Hall–Kier alpha value is -6.90. The second-order valence-corrected chi connectivity index (χ2v) is 15.2. The molecule has 56 heavy (non-hydrogen) atoms. The third kappa shape index (κ3) is 5.17. The van der Waals surface area contributed by atoms with Gasteiger partial charge in [0.25, 0.3) is 0 Å². The summed E-state index contributed by atoms with van der Waals surface area (Å²) in [7, 11) is 0. The molecule has 1 aromatic heterocycles. The van der Waals surface area contributed by atoms with Gasteiger partial charge in [-0.05, 0) is 120 Å². The lowest BCUT2D eigenvalue weighted by atomic mass is 9.91. The minimum absolute atomic E-state index is 0.850. The van der Waals surface area contributed by atoms with Crippen molar-refractivity contribution in [3.05, 3.63) is 193 Å². The molecule has 9 aromatic carbocycles. The molecule has 1 N–H and O–H groups in total. The molecule has 0 aliphatic carbocycles. The van der Waals surface area contributed by atoms with Crippen LogP contribution in [0.4, 0.5) is 0 Å². The first kappa shape index (κ1) is 32.5. The van der Waals surface area contributed by atoms with E-state index in [1.807, 2.05) is 6.20 Å². The van der Waals surface area contributed by atoms with Crippen LogP contribution < -0.4 is 5.32 Å². The number of hydrogen-bond acceptors (Lipinski definition) is 1. The highest BCUT2D eigenvalue weighted by Crippen LogP contribution is 2.43. The summed E-state index contributed by atoms with van der Waals surface area (Å²) in [5.41, 5.74) is 12.6. The Morgan fingerprint density at radius 1 is 0.518 bits per heavy atom. The van der Waals surface area contributed by atoms with Crippen molar-refractivity contribution in [3.8, 4) is 27.9 Å². The van der Waals surface area contributed by atoms with Crippen molar-refractivity contribution in [1.29, 1.82) is 0 Å².